The van der Waals surface area contributed by atoms with Crippen molar-refractivity contribution in [2.24, 2.45) is 0 Å². The molecule has 298 valence electrons. The highest BCUT2D eigenvalue weighted by Gasteiger charge is 2.23. The number of rotatable bonds is 10. The average molecular weight is 807 g/mol. The number of hydrogen-bond acceptors (Lipinski definition) is 3. The van der Waals surface area contributed by atoms with Crippen LogP contribution in [0.1, 0.15) is 0 Å². The quantitative estimate of drug-likeness (QED) is 0.137. The van der Waals surface area contributed by atoms with Gasteiger partial charge in [0.1, 0.15) is 11.2 Å². The largest absolute Gasteiger partial charge is 0.456 e. The van der Waals surface area contributed by atoms with E-state index in [9.17, 15) is 0 Å². The first-order valence-corrected chi connectivity index (χ1v) is 21.4. The van der Waals surface area contributed by atoms with Crippen LogP contribution in [0.5, 0.6) is 0 Å². The van der Waals surface area contributed by atoms with Gasteiger partial charge in [-0.1, -0.05) is 182 Å². The molecule has 0 atom stereocenters. The zero-order valence-corrected chi connectivity index (χ0v) is 34.6. The Bertz CT molecular complexity index is 3270. The predicted molar refractivity (Wildman–Crippen MR) is 265 cm³/mol. The minimum atomic E-state index is 0.850. The minimum absolute atomic E-state index is 0.850. The van der Waals surface area contributed by atoms with Gasteiger partial charge >= 0.3 is 0 Å². The smallest absolute Gasteiger partial charge is 0.137 e. The number of para-hydroxylation sites is 2. The number of nitrogens with zero attached hydrogens (tertiary/aromatic N) is 2. The monoisotopic (exact) mass is 806 g/mol. The van der Waals surface area contributed by atoms with Crippen molar-refractivity contribution in [3.63, 3.8) is 0 Å². The van der Waals surface area contributed by atoms with Gasteiger partial charge in [0.25, 0.3) is 0 Å². The molecule has 3 heteroatoms. The highest BCUT2D eigenvalue weighted by molar-refractivity contribution is 6.14. The molecular formula is C60H42N2O. The minimum Gasteiger partial charge on any atom is -0.456 e. The highest BCUT2D eigenvalue weighted by Crippen LogP contribution is 2.47. The summed E-state index contributed by atoms with van der Waals surface area (Å²) in [7, 11) is 0. The summed E-state index contributed by atoms with van der Waals surface area (Å²) in [5, 5.41) is 2.16. The maximum Gasteiger partial charge on any atom is 0.137 e. The maximum absolute atomic E-state index is 6.49. The van der Waals surface area contributed by atoms with Crippen LogP contribution in [0.2, 0.25) is 0 Å². The van der Waals surface area contributed by atoms with Crippen LogP contribution < -0.4 is 9.80 Å². The summed E-state index contributed by atoms with van der Waals surface area (Å²) in [6, 6.07) is 90.8. The van der Waals surface area contributed by atoms with E-state index in [1.165, 1.54) is 16.7 Å². The summed E-state index contributed by atoms with van der Waals surface area (Å²) in [5.74, 6) is 0. The van der Waals surface area contributed by atoms with Crippen molar-refractivity contribution in [3.8, 4) is 44.5 Å². The summed E-state index contributed by atoms with van der Waals surface area (Å²) in [6.07, 6.45) is 0. The molecule has 0 N–H and O–H groups in total. The fourth-order valence-electron chi connectivity index (χ4n) is 8.89. The number of benzene rings is 10. The molecule has 0 spiro atoms. The fraction of sp³-hybridized carbons (Fsp3) is 0. The van der Waals surface area contributed by atoms with E-state index in [-0.39, 0.29) is 0 Å². The molecule has 0 unspecified atom stereocenters. The Morgan fingerprint density at radius 2 is 0.635 bits per heavy atom. The van der Waals surface area contributed by atoms with Crippen LogP contribution in [0.25, 0.3) is 66.4 Å². The van der Waals surface area contributed by atoms with Gasteiger partial charge in [-0.25, -0.2) is 0 Å². The number of anilines is 6. The van der Waals surface area contributed by atoms with Gasteiger partial charge in [0.2, 0.25) is 0 Å². The second-order valence-corrected chi connectivity index (χ2v) is 15.7. The van der Waals surface area contributed by atoms with Crippen LogP contribution in [0.15, 0.2) is 259 Å². The second kappa shape index (κ2) is 16.6. The maximum atomic E-state index is 6.49. The highest BCUT2D eigenvalue weighted by atomic mass is 16.3. The van der Waals surface area contributed by atoms with E-state index < -0.39 is 0 Å². The topological polar surface area (TPSA) is 19.6 Å². The average Bonchev–Trinajstić information content (AvgIpc) is 3.75. The summed E-state index contributed by atoms with van der Waals surface area (Å²) in [5.41, 5.74) is 17.3. The second-order valence-electron chi connectivity index (χ2n) is 15.7. The van der Waals surface area contributed by atoms with E-state index in [4.69, 9.17) is 4.42 Å². The van der Waals surface area contributed by atoms with Gasteiger partial charge in [0.05, 0.1) is 16.8 Å². The van der Waals surface area contributed by atoms with E-state index in [0.717, 1.165) is 83.9 Å². The lowest BCUT2D eigenvalue weighted by Crippen LogP contribution is -2.12. The molecule has 10 aromatic carbocycles. The molecule has 0 aliphatic rings. The molecular weight excluding hydrogens is 765 g/mol. The summed E-state index contributed by atoms with van der Waals surface area (Å²) in [6.45, 7) is 0. The van der Waals surface area contributed by atoms with Crippen LogP contribution >= 0.6 is 0 Å². The van der Waals surface area contributed by atoms with E-state index in [2.05, 4.69) is 259 Å². The first kappa shape index (κ1) is 37.6. The molecule has 63 heavy (non-hydrogen) atoms. The van der Waals surface area contributed by atoms with Gasteiger partial charge in [-0.05, 0) is 112 Å². The van der Waals surface area contributed by atoms with E-state index in [1.54, 1.807) is 0 Å². The molecule has 0 aliphatic heterocycles. The van der Waals surface area contributed by atoms with Crippen molar-refractivity contribution >= 4 is 56.1 Å². The van der Waals surface area contributed by atoms with Crippen molar-refractivity contribution in [3.05, 3.63) is 255 Å². The molecule has 11 aromatic rings. The Hall–Kier alpha value is -8.40. The summed E-state index contributed by atoms with van der Waals surface area (Å²) >= 11 is 0. The molecule has 11 rings (SSSR count). The van der Waals surface area contributed by atoms with Crippen molar-refractivity contribution < 1.29 is 4.42 Å². The Morgan fingerprint density at radius 1 is 0.254 bits per heavy atom. The lowest BCUT2D eigenvalue weighted by Gasteiger charge is -2.30. The third kappa shape index (κ3) is 7.32. The number of hydrogen-bond donors (Lipinski definition) is 0. The van der Waals surface area contributed by atoms with Gasteiger partial charge in [0.15, 0.2) is 0 Å². The normalized spacial score (nSPS) is 11.2. The van der Waals surface area contributed by atoms with Gasteiger partial charge in [-0.15, -0.1) is 0 Å². The molecule has 0 saturated carbocycles. The predicted octanol–water partition coefficient (Wildman–Crippen LogP) is 17.2. The lowest BCUT2D eigenvalue weighted by atomic mass is 9.98. The van der Waals surface area contributed by atoms with E-state index in [0.29, 0.717) is 0 Å². The summed E-state index contributed by atoms with van der Waals surface area (Å²) in [4.78, 5) is 4.79. The van der Waals surface area contributed by atoms with Crippen molar-refractivity contribution in [2.75, 3.05) is 9.80 Å². The van der Waals surface area contributed by atoms with E-state index >= 15 is 0 Å². The Kier molecular flexibility index (Phi) is 9.89. The lowest BCUT2D eigenvalue weighted by molar-refractivity contribution is 0.669. The fourth-order valence-corrected chi connectivity index (χ4v) is 8.89. The first-order valence-electron chi connectivity index (χ1n) is 21.4. The Labute approximate surface area is 368 Å². The van der Waals surface area contributed by atoms with Crippen LogP contribution in [0.4, 0.5) is 34.1 Å². The van der Waals surface area contributed by atoms with Gasteiger partial charge < -0.3 is 14.2 Å². The molecule has 0 radical (unpaired) electrons. The molecule has 0 aliphatic carbocycles. The third-order valence-electron chi connectivity index (χ3n) is 11.8. The number of furan rings is 1. The molecule has 1 aromatic heterocycles. The zero-order chi connectivity index (χ0) is 42.0. The molecule has 0 bridgehead atoms. The molecule has 0 fully saturated rings. The van der Waals surface area contributed by atoms with Crippen LogP contribution in [0, 0.1) is 0 Å². The van der Waals surface area contributed by atoms with E-state index in [1.807, 2.05) is 6.07 Å². The standard InChI is InChI=1S/C60H42N2O/c1-4-19-43(20-5-1)46-25-14-29-50(39-46)61(51-30-15-26-47(40-51)44-21-6-2-7-22-44)52-31-17-28-49(42-52)54-33-10-12-35-56(54)62(53-32-16-27-48(41-53)45-23-8-3-9-24-45)57-36-18-38-59-60(57)55-34-11-13-37-58(55)63-59/h1-42H. The van der Waals surface area contributed by atoms with Crippen LogP contribution in [0.3, 0.4) is 0 Å². The van der Waals surface area contributed by atoms with Gasteiger partial charge in [-0.2, -0.15) is 0 Å². The first-order chi connectivity index (χ1) is 31.2. The number of fused-ring (bicyclic) bond motifs is 3. The van der Waals surface area contributed by atoms with Crippen molar-refractivity contribution in [2.45, 2.75) is 0 Å². The van der Waals surface area contributed by atoms with Crippen molar-refractivity contribution in [1.29, 1.82) is 0 Å². The van der Waals surface area contributed by atoms with Gasteiger partial charge in [-0.3, -0.25) is 0 Å². The Morgan fingerprint density at radius 3 is 1.19 bits per heavy atom. The van der Waals surface area contributed by atoms with Crippen LogP contribution in [-0.4, -0.2) is 0 Å². The molecule has 3 nitrogen and oxygen atoms in total. The molecule has 0 saturated heterocycles. The van der Waals surface area contributed by atoms with Crippen LogP contribution in [-0.2, 0) is 0 Å². The zero-order valence-electron chi connectivity index (χ0n) is 34.6. The molecule has 0 amide bonds. The molecule has 1 heterocycles. The third-order valence-corrected chi connectivity index (χ3v) is 11.8. The summed E-state index contributed by atoms with van der Waals surface area (Å²) < 4.78 is 6.49. The SMILES string of the molecule is c1ccc(-c2cccc(N(c3cccc(-c4ccccc4)c3)c3cccc(-c4ccccc4N(c4cccc(-c5ccccc5)c4)c4cccc5oc6ccccc6c45)c3)c2)cc1. The Balaban J connectivity index is 1.10. The van der Waals surface area contributed by atoms with Crippen molar-refractivity contribution in [1.82, 2.24) is 0 Å². The van der Waals surface area contributed by atoms with Gasteiger partial charge in [0, 0.05) is 33.7 Å².